The Hall–Kier alpha value is -2.50. The van der Waals surface area contributed by atoms with Crippen molar-refractivity contribution in [1.82, 2.24) is 4.90 Å². The molecular weight excluding hydrogens is 490 g/mol. The summed E-state index contributed by atoms with van der Waals surface area (Å²) in [5.74, 6) is 0. The standard InChI is InChI=1S/C22H21ClF6N2O3/c1-13-2-7-16(10-17(13)23)30-20(32)34-19(22(27,28)29)12-31-8-9-33-18(11-31)14-3-5-15(6-4-14)21(24,25)26/h2-7,10,18-19H,8-9,11-12H2,1H3,(H,30,32)/t18-,19?/m1/s1. The molecule has 2 aromatic carbocycles. The fraction of sp³-hybridized carbons (Fsp3) is 0.409. The molecule has 0 aliphatic carbocycles. The Morgan fingerprint density at radius 1 is 1.18 bits per heavy atom. The molecule has 1 unspecified atom stereocenters. The predicted molar refractivity (Wildman–Crippen MR) is 113 cm³/mol. The summed E-state index contributed by atoms with van der Waals surface area (Å²) in [4.78, 5) is 13.5. The molecule has 1 amide bonds. The first kappa shape index (κ1) is 26.1. The second-order valence-corrected chi connectivity index (χ2v) is 8.17. The number of benzene rings is 2. The number of ether oxygens (including phenoxy) is 2. The van der Waals surface area contributed by atoms with Crippen molar-refractivity contribution in [2.24, 2.45) is 0 Å². The molecule has 1 heterocycles. The van der Waals surface area contributed by atoms with E-state index in [2.05, 4.69) is 10.1 Å². The number of amides is 1. The van der Waals surface area contributed by atoms with E-state index in [9.17, 15) is 31.1 Å². The molecule has 0 radical (unpaired) electrons. The van der Waals surface area contributed by atoms with Crippen LogP contribution in [-0.4, -0.2) is 49.5 Å². The van der Waals surface area contributed by atoms with Gasteiger partial charge in [-0.2, -0.15) is 26.3 Å². The molecule has 186 valence electrons. The van der Waals surface area contributed by atoms with Gasteiger partial charge in [0.05, 0.1) is 18.3 Å². The van der Waals surface area contributed by atoms with Gasteiger partial charge in [-0.05, 0) is 42.3 Å². The molecule has 1 aliphatic rings. The number of rotatable bonds is 5. The number of nitrogens with one attached hydrogen (secondary N) is 1. The fourth-order valence-electron chi connectivity index (χ4n) is 3.35. The first-order valence-electron chi connectivity index (χ1n) is 10.1. The summed E-state index contributed by atoms with van der Waals surface area (Å²) < 4.78 is 89.2. The molecule has 1 saturated heterocycles. The minimum Gasteiger partial charge on any atom is -0.435 e. The Labute approximate surface area is 196 Å². The molecule has 0 bridgehead atoms. The fourth-order valence-corrected chi connectivity index (χ4v) is 3.53. The van der Waals surface area contributed by atoms with Gasteiger partial charge in [0, 0.05) is 30.3 Å². The Morgan fingerprint density at radius 3 is 2.44 bits per heavy atom. The third-order valence-electron chi connectivity index (χ3n) is 5.22. The maximum Gasteiger partial charge on any atom is 0.426 e. The predicted octanol–water partition coefficient (Wildman–Crippen LogP) is 6.22. The summed E-state index contributed by atoms with van der Waals surface area (Å²) in [7, 11) is 0. The molecule has 12 heteroatoms. The first-order chi connectivity index (χ1) is 15.8. The van der Waals surface area contributed by atoms with Gasteiger partial charge >= 0.3 is 18.4 Å². The molecule has 2 aromatic rings. The van der Waals surface area contributed by atoms with Crippen LogP contribution in [0.15, 0.2) is 42.5 Å². The highest BCUT2D eigenvalue weighted by atomic mass is 35.5. The monoisotopic (exact) mass is 510 g/mol. The minimum atomic E-state index is -4.84. The lowest BCUT2D eigenvalue weighted by atomic mass is 10.0. The van der Waals surface area contributed by atoms with Gasteiger partial charge < -0.3 is 9.47 Å². The molecule has 1 fully saturated rings. The van der Waals surface area contributed by atoms with Crippen LogP contribution in [0.2, 0.25) is 5.02 Å². The Bertz CT molecular complexity index is 998. The zero-order valence-corrected chi connectivity index (χ0v) is 18.6. The van der Waals surface area contributed by atoms with Crippen LogP contribution < -0.4 is 5.32 Å². The number of hydrogen-bond donors (Lipinski definition) is 1. The third kappa shape index (κ3) is 7.00. The Morgan fingerprint density at radius 2 is 1.85 bits per heavy atom. The molecule has 1 N–H and O–H groups in total. The van der Waals surface area contributed by atoms with E-state index in [1.807, 2.05) is 0 Å². The molecule has 34 heavy (non-hydrogen) atoms. The van der Waals surface area contributed by atoms with E-state index in [1.54, 1.807) is 13.0 Å². The van der Waals surface area contributed by atoms with E-state index in [1.165, 1.54) is 29.2 Å². The summed E-state index contributed by atoms with van der Waals surface area (Å²) in [6.45, 7) is 1.24. The summed E-state index contributed by atoms with van der Waals surface area (Å²) in [6, 6.07) is 8.69. The first-order valence-corrected chi connectivity index (χ1v) is 10.5. The third-order valence-corrected chi connectivity index (χ3v) is 5.62. The molecule has 0 aromatic heterocycles. The Kier molecular flexibility index (Phi) is 7.99. The number of morpholine rings is 1. The van der Waals surface area contributed by atoms with Gasteiger partial charge in [0.15, 0.2) is 0 Å². The van der Waals surface area contributed by atoms with Crippen LogP contribution in [0.4, 0.5) is 36.8 Å². The van der Waals surface area contributed by atoms with E-state index in [0.717, 1.165) is 17.7 Å². The highest BCUT2D eigenvalue weighted by Gasteiger charge is 2.44. The smallest absolute Gasteiger partial charge is 0.426 e. The number of aryl methyl sites for hydroxylation is 1. The highest BCUT2D eigenvalue weighted by Crippen LogP contribution is 2.32. The summed E-state index contributed by atoms with van der Waals surface area (Å²) in [5, 5.41) is 2.55. The molecule has 2 atom stereocenters. The van der Waals surface area contributed by atoms with E-state index >= 15 is 0 Å². The minimum absolute atomic E-state index is 0.0174. The lowest BCUT2D eigenvalue weighted by molar-refractivity contribution is -0.209. The van der Waals surface area contributed by atoms with Gasteiger partial charge in [0.2, 0.25) is 6.10 Å². The SMILES string of the molecule is Cc1ccc(NC(=O)OC(CN2CCO[C@@H](c3ccc(C(F)(F)F)cc3)C2)C(F)(F)F)cc1Cl. The molecule has 0 saturated carbocycles. The van der Waals surface area contributed by atoms with Crippen LogP contribution in [0.25, 0.3) is 0 Å². The maximum absolute atomic E-state index is 13.6. The van der Waals surface area contributed by atoms with Crippen molar-refractivity contribution in [1.29, 1.82) is 0 Å². The lowest BCUT2D eigenvalue weighted by Gasteiger charge is -2.35. The molecule has 1 aliphatic heterocycles. The quantitative estimate of drug-likeness (QED) is 0.485. The van der Waals surface area contributed by atoms with Crippen molar-refractivity contribution < 1.29 is 40.6 Å². The average Bonchev–Trinajstić information content (AvgIpc) is 2.75. The zero-order chi connectivity index (χ0) is 25.1. The van der Waals surface area contributed by atoms with Crippen molar-refractivity contribution in [3.63, 3.8) is 0 Å². The summed E-state index contributed by atoms with van der Waals surface area (Å²) >= 11 is 5.95. The normalized spacial score (nSPS) is 18.4. The van der Waals surface area contributed by atoms with Gasteiger partial charge in [-0.3, -0.25) is 10.2 Å². The number of alkyl halides is 6. The second-order valence-electron chi connectivity index (χ2n) is 7.76. The lowest BCUT2D eigenvalue weighted by Crippen LogP contribution is -2.48. The molecule has 0 spiro atoms. The number of hydrogen-bond acceptors (Lipinski definition) is 4. The highest BCUT2D eigenvalue weighted by molar-refractivity contribution is 6.31. The van der Waals surface area contributed by atoms with Crippen LogP contribution >= 0.6 is 11.6 Å². The number of carbonyl (C=O) groups excluding carboxylic acids is 1. The van der Waals surface area contributed by atoms with Crippen LogP contribution in [0.5, 0.6) is 0 Å². The van der Waals surface area contributed by atoms with E-state index in [4.69, 9.17) is 16.3 Å². The van der Waals surface area contributed by atoms with Gasteiger partial charge in [0.1, 0.15) is 0 Å². The van der Waals surface area contributed by atoms with Crippen molar-refractivity contribution in [3.05, 3.63) is 64.2 Å². The molecule has 5 nitrogen and oxygen atoms in total. The molecular formula is C22H21ClF6N2O3. The van der Waals surface area contributed by atoms with Gasteiger partial charge in [0.25, 0.3) is 0 Å². The van der Waals surface area contributed by atoms with Crippen LogP contribution in [0.3, 0.4) is 0 Å². The maximum atomic E-state index is 13.6. The average molecular weight is 511 g/mol. The molecule has 3 rings (SSSR count). The number of anilines is 1. The van der Waals surface area contributed by atoms with Crippen molar-refractivity contribution in [2.45, 2.75) is 31.5 Å². The number of halogens is 7. The van der Waals surface area contributed by atoms with Crippen molar-refractivity contribution in [2.75, 3.05) is 31.6 Å². The largest absolute Gasteiger partial charge is 0.435 e. The summed E-state index contributed by atoms with van der Waals surface area (Å²) in [5.41, 5.74) is 0.463. The van der Waals surface area contributed by atoms with Gasteiger partial charge in [-0.15, -0.1) is 0 Å². The van der Waals surface area contributed by atoms with Crippen molar-refractivity contribution in [3.8, 4) is 0 Å². The van der Waals surface area contributed by atoms with Crippen LogP contribution in [0.1, 0.15) is 22.8 Å². The number of carbonyl (C=O) groups is 1. The Balaban J connectivity index is 1.64. The summed E-state index contributed by atoms with van der Waals surface area (Å²) in [6.07, 6.45) is -13.8. The van der Waals surface area contributed by atoms with Crippen LogP contribution in [-0.2, 0) is 15.7 Å². The van der Waals surface area contributed by atoms with E-state index < -0.39 is 42.8 Å². The zero-order valence-electron chi connectivity index (χ0n) is 17.8. The van der Waals surface area contributed by atoms with Crippen LogP contribution in [0, 0.1) is 6.92 Å². The topological polar surface area (TPSA) is 50.8 Å². The van der Waals surface area contributed by atoms with Crippen molar-refractivity contribution >= 4 is 23.4 Å². The van der Waals surface area contributed by atoms with E-state index in [-0.39, 0.29) is 25.4 Å². The van der Waals surface area contributed by atoms with Gasteiger partial charge in [-0.1, -0.05) is 29.8 Å². The second kappa shape index (κ2) is 10.4. The van der Waals surface area contributed by atoms with Gasteiger partial charge in [-0.25, -0.2) is 4.79 Å². The van der Waals surface area contributed by atoms with E-state index in [0.29, 0.717) is 10.6 Å². The number of nitrogens with zero attached hydrogens (tertiary/aromatic N) is 1.